The van der Waals surface area contributed by atoms with Crippen LogP contribution in [0.3, 0.4) is 0 Å². The number of hydrogen-bond donors (Lipinski definition) is 0. The van der Waals surface area contributed by atoms with E-state index >= 15 is 0 Å². The van der Waals surface area contributed by atoms with Crippen LogP contribution in [0.15, 0.2) is 60.3 Å². The molecule has 4 aromatic rings. The largest absolute Gasteiger partial charge is 0.488 e. The van der Waals surface area contributed by atoms with Gasteiger partial charge >= 0.3 is 6.18 Å². The first-order valence-corrected chi connectivity index (χ1v) is 10.9. The van der Waals surface area contributed by atoms with Crippen molar-refractivity contribution in [2.24, 2.45) is 0 Å². The molecule has 3 heterocycles. The Labute approximate surface area is 198 Å². The molecule has 0 bridgehead atoms. The predicted molar refractivity (Wildman–Crippen MR) is 122 cm³/mol. The van der Waals surface area contributed by atoms with E-state index in [9.17, 15) is 22.8 Å². The lowest BCUT2D eigenvalue weighted by Crippen LogP contribution is -2.08. The average molecular weight is 477 g/mol. The van der Waals surface area contributed by atoms with E-state index in [2.05, 4.69) is 11.1 Å². The standard InChI is InChI=1S/C27H19F4N3O/c1-15(13-32)25-20-7-5-17(10-18(20)14-35-24-12-19(28)6-8-21(24)25)11-23-16(2)33-26-22(27(29,30)31)4-3-9-34(23)26/h3-10,12H,11,14H2,1-2H3/b25-15+. The summed E-state index contributed by atoms with van der Waals surface area (Å²) in [7, 11) is 0. The Hall–Kier alpha value is -4.12. The van der Waals surface area contributed by atoms with E-state index < -0.39 is 17.6 Å². The fraction of sp³-hybridized carbons (Fsp3) is 0.185. The van der Waals surface area contributed by atoms with Crippen molar-refractivity contribution < 1.29 is 22.3 Å². The lowest BCUT2D eigenvalue weighted by Gasteiger charge is -2.13. The van der Waals surface area contributed by atoms with Crippen LogP contribution in [-0.2, 0) is 19.2 Å². The van der Waals surface area contributed by atoms with Gasteiger partial charge in [-0.1, -0.05) is 18.2 Å². The number of alkyl halides is 3. The zero-order valence-electron chi connectivity index (χ0n) is 18.9. The molecule has 0 aliphatic carbocycles. The van der Waals surface area contributed by atoms with Crippen LogP contribution in [0.25, 0.3) is 11.2 Å². The van der Waals surface area contributed by atoms with Gasteiger partial charge in [-0.3, -0.25) is 0 Å². The number of imidazole rings is 1. The highest BCUT2D eigenvalue weighted by Gasteiger charge is 2.34. The van der Waals surface area contributed by atoms with Gasteiger partial charge in [0.2, 0.25) is 0 Å². The third-order valence-corrected chi connectivity index (χ3v) is 6.20. The van der Waals surface area contributed by atoms with Crippen LogP contribution in [0.2, 0.25) is 0 Å². The summed E-state index contributed by atoms with van der Waals surface area (Å²) in [4.78, 5) is 4.20. The van der Waals surface area contributed by atoms with Crippen LogP contribution in [0.4, 0.5) is 17.6 Å². The fourth-order valence-electron chi connectivity index (χ4n) is 4.56. The number of pyridine rings is 1. The monoisotopic (exact) mass is 477 g/mol. The summed E-state index contributed by atoms with van der Waals surface area (Å²) in [5, 5.41) is 9.61. The molecule has 176 valence electrons. The minimum absolute atomic E-state index is 0.127. The SMILES string of the molecule is C/C(C#N)=C1/c2ccc(Cc3c(C)nc4c(C(F)(F)F)cccn34)cc2COc2cc(F)ccc21. The Morgan fingerprint density at radius 2 is 1.91 bits per heavy atom. The molecular formula is C27H19F4N3O. The molecule has 0 unspecified atom stereocenters. The van der Waals surface area contributed by atoms with Gasteiger partial charge in [-0.2, -0.15) is 18.4 Å². The topological polar surface area (TPSA) is 50.3 Å². The average Bonchev–Trinajstić information content (AvgIpc) is 3.04. The van der Waals surface area contributed by atoms with Crippen LogP contribution in [-0.4, -0.2) is 9.38 Å². The summed E-state index contributed by atoms with van der Waals surface area (Å²) >= 11 is 0. The van der Waals surface area contributed by atoms with Crippen LogP contribution < -0.4 is 4.74 Å². The van der Waals surface area contributed by atoms with Crippen LogP contribution >= 0.6 is 0 Å². The van der Waals surface area contributed by atoms with E-state index in [0.717, 1.165) is 22.8 Å². The second-order valence-electron chi connectivity index (χ2n) is 8.47. The Morgan fingerprint density at radius 1 is 1.14 bits per heavy atom. The third-order valence-electron chi connectivity index (χ3n) is 6.20. The van der Waals surface area contributed by atoms with Crippen molar-refractivity contribution in [1.29, 1.82) is 5.26 Å². The smallest absolute Gasteiger partial charge is 0.419 e. The molecule has 35 heavy (non-hydrogen) atoms. The molecule has 0 N–H and O–H groups in total. The molecule has 0 saturated heterocycles. The van der Waals surface area contributed by atoms with Crippen molar-refractivity contribution in [2.75, 3.05) is 0 Å². The van der Waals surface area contributed by atoms with Crippen molar-refractivity contribution >= 4 is 11.2 Å². The second kappa shape index (κ2) is 8.27. The van der Waals surface area contributed by atoms with Gasteiger partial charge < -0.3 is 9.14 Å². The highest BCUT2D eigenvalue weighted by Crippen LogP contribution is 2.39. The molecule has 0 atom stereocenters. The first-order valence-electron chi connectivity index (χ1n) is 10.9. The number of hydrogen-bond acceptors (Lipinski definition) is 3. The summed E-state index contributed by atoms with van der Waals surface area (Å²) in [6.45, 7) is 3.55. The maximum Gasteiger partial charge on any atom is 0.419 e. The molecule has 1 aliphatic rings. The number of nitriles is 1. The Balaban J connectivity index is 1.59. The van der Waals surface area contributed by atoms with Crippen molar-refractivity contribution in [3.05, 3.63) is 105 Å². The molecule has 5 rings (SSSR count). The third kappa shape index (κ3) is 3.93. The molecule has 8 heteroatoms. The second-order valence-corrected chi connectivity index (χ2v) is 8.47. The summed E-state index contributed by atoms with van der Waals surface area (Å²) in [5.41, 5.74) is 4.46. The molecule has 1 aliphatic heterocycles. The minimum atomic E-state index is -4.51. The summed E-state index contributed by atoms with van der Waals surface area (Å²) < 4.78 is 61.6. The molecule has 4 nitrogen and oxygen atoms in total. The summed E-state index contributed by atoms with van der Waals surface area (Å²) in [5.74, 6) is -0.0877. The molecule has 0 spiro atoms. The fourth-order valence-corrected chi connectivity index (χ4v) is 4.56. The van der Waals surface area contributed by atoms with Gasteiger partial charge in [0.25, 0.3) is 0 Å². The molecule has 2 aromatic carbocycles. The number of fused-ring (bicyclic) bond motifs is 3. The van der Waals surface area contributed by atoms with Gasteiger partial charge in [0.1, 0.15) is 23.8 Å². The zero-order chi connectivity index (χ0) is 24.9. The van der Waals surface area contributed by atoms with Gasteiger partial charge in [-0.05, 0) is 54.8 Å². The summed E-state index contributed by atoms with van der Waals surface area (Å²) in [6, 6.07) is 14.5. The predicted octanol–water partition coefficient (Wildman–Crippen LogP) is 6.63. The van der Waals surface area contributed by atoms with Crippen LogP contribution in [0, 0.1) is 24.1 Å². The first kappa shape index (κ1) is 22.7. The van der Waals surface area contributed by atoms with Crippen molar-refractivity contribution in [1.82, 2.24) is 9.38 Å². The molecule has 0 amide bonds. The Morgan fingerprint density at radius 3 is 2.66 bits per heavy atom. The quantitative estimate of drug-likeness (QED) is 0.241. The normalized spacial score (nSPS) is 14.5. The van der Waals surface area contributed by atoms with Crippen molar-refractivity contribution in [3.63, 3.8) is 0 Å². The van der Waals surface area contributed by atoms with Crippen LogP contribution in [0.5, 0.6) is 5.75 Å². The van der Waals surface area contributed by atoms with Gasteiger partial charge in [0, 0.05) is 41.1 Å². The van der Waals surface area contributed by atoms with Gasteiger partial charge in [0.05, 0.1) is 17.3 Å². The molecular weight excluding hydrogens is 458 g/mol. The molecule has 0 fully saturated rings. The van der Waals surface area contributed by atoms with E-state index in [1.54, 1.807) is 26.1 Å². The Bertz CT molecular complexity index is 1560. The van der Waals surface area contributed by atoms with E-state index in [-0.39, 0.29) is 12.3 Å². The highest BCUT2D eigenvalue weighted by molar-refractivity contribution is 5.88. The van der Waals surface area contributed by atoms with Crippen molar-refractivity contribution in [3.8, 4) is 11.8 Å². The van der Waals surface area contributed by atoms with Gasteiger partial charge in [-0.25, -0.2) is 9.37 Å². The number of rotatable bonds is 2. The maximum absolute atomic E-state index is 13.9. The number of ether oxygens (including phenoxy) is 1. The zero-order valence-corrected chi connectivity index (χ0v) is 18.9. The first-order chi connectivity index (χ1) is 16.7. The number of nitrogens with zero attached hydrogens (tertiary/aromatic N) is 3. The van der Waals surface area contributed by atoms with E-state index in [0.29, 0.717) is 40.3 Å². The molecule has 2 aromatic heterocycles. The molecule has 0 saturated carbocycles. The highest BCUT2D eigenvalue weighted by atomic mass is 19.4. The lowest BCUT2D eigenvalue weighted by molar-refractivity contribution is -0.136. The number of aryl methyl sites for hydroxylation is 1. The number of aromatic nitrogens is 2. The van der Waals surface area contributed by atoms with Crippen LogP contribution in [0.1, 0.15) is 46.1 Å². The van der Waals surface area contributed by atoms with Gasteiger partial charge in [-0.15, -0.1) is 0 Å². The number of halogens is 4. The van der Waals surface area contributed by atoms with E-state index in [1.807, 2.05) is 18.2 Å². The number of benzene rings is 2. The molecule has 0 radical (unpaired) electrons. The van der Waals surface area contributed by atoms with Crippen molar-refractivity contribution in [2.45, 2.75) is 33.1 Å². The Kier molecular flexibility index (Phi) is 5.36. The van der Waals surface area contributed by atoms with E-state index in [1.165, 1.54) is 22.6 Å². The number of allylic oxidation sites excluding steroid dienone is 1. The lowest BCUT2D eigenvalue weighted by atomic mass is 9.89. The summed E-state index contributed by atoms with van der Waals surface area (Å²) in [6.07, 6.45) is -2.58. The maximum atomic E-state index is 13.9. The van der Waals surface area contributed by atoms with Gasteiger partial charge in [0.15, 0.2) is 0 Å². The van der Waals surface area contributed by atoms with E-state index in [4.69, 9.17) is 4.74 Å². The minimum Gasteiger partial charge on any atom is -0.488 e.